The monoisotopic (exact) mass is 203 g/mol. The Morgan fingerprint density at radius 1 is 1.13 bits per heavy atom. The largest absolute Gasteiger partial charge is 0.478 e. The molecule has 0 heterocycles. The van der Waals surface area contributed by atoms with E-state index in [4.69, 9.17) is 10.3 Å². The topological polar surface area (TPSA) is 69.6 Å². The first kappa shape index (κ1) is 9.48. The number of nitrogens with one attached hydrogen (secondary N) is 1. The lowest BCUT2D eigenvalue weighted by Crippen LogP contribution is -2.00. The molecule has 15 heavy (non-hydrogen) atoms. The smallest absolute Gasteiger partial charge is 0.336 e. The minimum Gasteiger partial charge on any atom is -0.478 e. The number of carbonyl (C=O) groups is 1. The van der Waals surface area contributed by atoms with Gasteiger partial charge in [0, 0.05) is 5.39 Å². The van der Waals surface area contributed by atoms with Gasteiger partial charge in [0.25, 0.3) is 0 Å². The fourth-order valence-electron chi connectivity index (χ4n) is 1.61. The lowest BCUT2D eigenvalue weighted by atomic mass is 10.0. The molecular formula is C11H9NO3. The summed E-state index contributed by atoms with van der Waals surface area (Å²) < 4.78 is 0. The van der Waals surface area contributed by atoms with E-state index < -0.39 is 5.97 Å². The highest BCUT2D eigenvalue weighted by atomic mass is 16.5. The van der Waals surface area contributed by atoms with Crippen molar-refractivity contribution in [1.29, 1.82) is 0 Å². The molecule has 0 saturated carbocycles. The van der Waals surface area contributed by atoms with Crippen molar-refractivity contribution in [1.82, 2.24) is 0 Å². The zero-order chi connectivity index (χ0) is 10.8. The molecule has 2 aromatic rings. The third-order valence-corrected chi connectivity index (χ3v) is 2.26. The Balaban J connectivity index is 2.87. The summed E-state index contributed by atoms with van der Waals surface area (Å²) in [6.07, 6.45) is 0. The summed E-state index contributed by atoms with van der Waals surface area (Å²) >= 11 is 0. The summed E-state index contributed by atoms with van der Waals surface area (Å²) in [4.78, 5) is 11.0. The van der Waals surface area contributed by atoms with Crippen LogP contribution >= 0.6 is 0 Å². The number of rotatable bonds is 2. The van der Waals surface area contributed by atoms with Gasteiger partial charge in [-0.25, -0.2) is 4.79 Å². The van der Waals surface area contributed by atoms with E-state index in [1.807, 2.05) is 5.48 Å². The predicted octanol–water partition coefficient (Wildman–Crippen LogP) is 2.34. The van der Waals surface area contributed by atoms with E-state index in [-0.39, 0.29) is 5.56 Å². The van der Waals surface area contributed by atoms with E-state index in [0.717, 1.165) is 5.39 Å². The first-order valence-electron chi connectivity index (χ1n) is 4.39. The summed E-state index contributed by atoms with van der Waals surface area (Å²) in [5.41, 5.74) is 2.57. The third kappa shape index (κ3) is 1.51. The number of hydrogen-bond acceptors (Lipinski definition) is 3. The molecule has 0 aliphatic rings. The molecule has 2 aromatic carbocycles. The van der Waals surface area contributed by atoms with Crippen molar-refractivity contribution in [3.05, 3.63) is 42.0 Å². The molecule has 0 atom stereocenters. The second-order valence-corrected chi connectivity index (χ2v) is 3.13. The lowest BCUT2D eigenvalue weighted by molar-refractivity contribution is 0.0699. The highest BCUT2D eigenvalue weighted by molar-refractivity contribution is 6.08. The SMILES string of the molecule is O=C(O)c1cccc2cccc(NO)c12. The third-order valence-electron chi connectivity index (χ3n) is 2.26. The van der Waals surface area contributed by atoms with E-state index in [1.165, 1.54) is 6.07 Å². The maximum Gasteiger partial charge on any atom is 0.336 e. The van der Waals surface area contributed by atoms with Gasteiger partial charge in [0.05, 0.1) is 11.3 Å². The van der Waals surface area contributed by atoms with Gasteiger partial charge in [-0.15, -0.1) is 0 Å². The first-order chi connectivity index (χ1) is 7.24. The zero-order valence-electron chi connectivity index (χ0n) is 7.77. The summed E-state index contributed by atoms with van der Waals surface area (Å²) in [5, 5.41) is 19.2. The summed E-state index contributed by atoms with van der Waals surface area (Å²) in [5.74, 6) is -1.01. The van der Waals surface area contributed by atoms with Crippen LogP contribution in [-0.4, -0.2) is 16.3 Å². The van der Waals surface area contributed by atoms with Crippen LogP contribution in [0.2, 0.25) is 0 Å². The minimum atomic E-state index is -1.01. The first-order valence-corrected chi connectivity index (χ1v) is 4.39. The molecular weight excluding hydrogens is 194 g/mol. The van der Waals surface area contributed by atoms with Crippen LogP contribution in [0, 0.1) is 0 Å². The van der Waals surface area contributed by atoms with Crippen molar-refractivity contribution in [3.8, 4) is 0 Å². The van der Waals surface area contributed by atoms with E-state index in [1.54, 1.807) is 30.3 Å². The average Bonchev–Trinajstić information content (AvgIpc) is 2.27. The van der Waals surface area contributed by atoms with E-state index in [0.29, 0.717) is 11.1 Å². The molecule has 4 nitrogen and oxygen atoms in total. The van der Waals surface area contributed by atoms with Crippen molar-refractivity contribution >= 4 is 22.4 Å². The van der Waals surface area contributed by atoms with Crippen LogP contribution in [0.4, 0.5) is 5.69 Å². The van der Waals surface area contributed by atoms with Crippen LogP contribution in [0.25, 0.3) is 10.8 Å². The van der Waals surface area contributed by atoms with Gasteiger partial charge in [0.1, 0.15) is 0 Å². The van der Waals surface area contributed by atoms with Crippen LogP contribution in [0.1, 0.15) is 10.4 Å². The Morgan fingerprint density at radius 3 is 2.40 bits per heavy atom. The van der Waals surface area contributed by atoms with Crippen LogP contribution in [0.3, 0.4) is 0 Å². The minimum absolute atomic E-state index is 0.171. The Bertz CT molecular complexity index is 517. The number of anilines is 1. The molecule has 0 spiro atoms. The molecule has 0 aliphatic heterocycles. The van der Waals surface area contributed by atoms with Gasteiger partial charge in [0.2, 0.25) is 0 Å². The Kier molecular flexibility index (Phi) is 2.27. The predicted molar refractivity (Wildman–Crippen MR) is 56.3 cm³/mol. The molecule has 2 rings (SSSR count). The molecule has 0 aliphatic carbocycles. The maximum atomic E-state index is 11.0. The number of hydrogen-bond donors (Lipinski definition) is 3. The van der Waals surface area contributed by atoms with E-state index in [9.17, 15) is 4.79 Å². The van der Waals surface area contributed by atoms with Crippen molar-refractivity contribution in [3.63, 3.8) is 0 Å². The quantitative estimate of drug-likeness (QED) is 0.655. The fourth-order valence-corrected chi connectivity index (χ4v) is 1.61. The summed E-state index contributed by atoms with van der Waals surface area (Å²) in [6, 6.07) is 10.1. The Morgan fingerprint density at radius 2 is 1.80 bits per heavy atom. The molecule has 0 radical (unpaired) electrons. The van der Waals surface area contributed by atoms with Crippen molar-refractivity contribution in [2.24, 2.45) is 0 Å². The molecule has 0 bridgehead atoms. The number of carboxylic acids is 1. The van der Waals surface area contributed by atoms with Crippen LogP contribution in [0.5, 0.6) is 0 Å². The van der Waals surface area contributed by atoms with Crippen molar-refractivity contribution < 1.29 is 15.1 Å². The molecule has 0 unspecified atom stereocenters. The van der Waals surface area contributed by atoms with Gasteiger partial charge < -0.3 is 5.11 Å². The number of carboxylic acid groups (broad SMARTS) is 1. The second-order valence-electron chi connectivity index (χ2n) is 3.13. The number of aromatic carboxylic acids is 1. The molecule has 0 fully saturated rings. The van der Waals surface area contributed by atoms with Gasteiger partial charge in [0.15, 0.2) is 0 Å². The Hall–Kier alpha value is -2.07. The molecule has 3 N–H and O–H groups in total. The summed E-state index contributed by atoms with van der Waals surface area (Å²) in [6.45, 7) is 0. The van der Waals surface area contributed by atoms with Crippen molar-refractivity contribution in [2.75, 3.05) is 5.48 Å². The van der Waals surface area contributed by atoms with E-state index in [2.05, 4.69) is 0 Å². The highest BCUT2D eigenvalue weighted by Crippen LogP contribution is 2.26. The normalized spacial score (nSPS) is 10.2. The lowest BCUT2D eigenvalue weighted by Gasteiger charge is -2.07. The van der Waals surface area contributed by atoms with Crippen molar-refractivity contribution in [2.45, 2.75) is 0 Å². The molecule has 76 valence electrons. The van der Waals surface area contributed by atoms with Gasteiger partial charge in [-0.2, -0.15) is 0 Å². The van der Waals surface area contributed by atoms with E-state index >= 15 is 0 Å². The van der Waals surface area contributed by atoms with Crippen LogP contribution in [-0.2, 0) is 0 Å². The second kappa shape index (κ2) is 3.59. The van der Waals surface area contributed by atoms with Crippen LogP contribution < -0.4 is 5.48 Å². The van der Waals surface area contributed by atoms with Gasteiger partial charge in [-0.05, 0) is 17.5 Å². The number of fused-ring (bicyclic) bond motifs is 1. The Labute approximate surface area is 85.7 Å². The summed E-state index contributed by atoms with van der Waals surface area (Å²) in [7, 11) is 0. The fraction of sp³-hybridized carbons (Fsp3) is 0. The number of benzene rings is 2. The standard InChI is InChI=1S/C11H9NO3/c13-11(14)8-5-1-3-7-4-2-6-9(12-15)10(7)8/h1-6,12,15H,(H,13,14). The van der Waals surface area contributed by atoms with Gasteiger partial charge in [-0.1, -0.05) is 24.3 Å². The van der Waals surface area contributed by atoms with Gasteiger partial charge >= 0.3 is 5.97 Å². The maximum absolute atomic E-state index is 11.0. The molecule has 4 heteroatoms. The van der Waals surface area contributed by atoms with Crippen LogP contribution in [0.15, 0.2) is 36.4 Å². The van der Waals surface area contributed by atoms with Gasteiger partial charge in [-0.3, -0.25) is 10.7 Å². The average molecular weight is 203 g/mol. The molecule has 0 saturated heterocycles. The molecule has 0 amide bonds. The zero-order valence-corrected chi connectivity index (χ0v) is 7.77. The molecule has 0 aromatic heterocycles. The highest BCUT2D eigenvalue weighted by Gasteiger charge is 2.10.